The van der Waals surface area contributed by atoms with E-state index in [2.05, 4.69) is 31.4 Å². The Bertz CT molecular complexity index is 178. The van der Waals surface area contributed by atoms with Crippen LogP contribution in [-0.4, -0.2) is 26.2 Å². The van der Waals surface area contributed by atoms with Crippen LogP contribution in [0.1, 0.15) is 52.9 Å². The Hall–Kier alpha value is -0.0800. The fourth-order valence-corrected chi connectivity index (χ4v) is 2.27. The molecule has 1 atom stereocenters. The molecule has 0 aromatic rings. The molecule has 96 valence electrons. The van der Waals surface area contributed by atoms with E-state index in [9.17, 15) is 0 Å². The second-order valence-electron chi connectivity index (χ2n) is 5.89. The number of hydrogen-bond donors (Lipinski definition) is 2. The maximum absolute atomic E-state index is 3.56. The van der Waals surface area contributed by atoms with Crippen LogP contribution in [0.5, 0.6) is 0 Å². The van der Waals surface area contributed by atoms with Gasteiger partial charge in [-0.2, -0.15) is 0 Å². The second kappa shape index (κ2) is 7.29. The highest BCUT2D eigenvalue weighted by atomic mass is 14.9. The zero-order valence-electron chi connectivity index (χ0n) is 11.4. The SMILES string of the molecule is CCCNCCCCNCCC1CC1(C)C. The monoisotopic (exact) mass is 226 g/mol. The summed E-state index contributed by atoms with van der Waals surface area (Å²) in [5.74, 6) is 0.992. The molecule has 0 aromatic carbocycles. The molecule has 0 amide bonds. The van der Waals surface area contributed by atoms with Crippen LogP contribution in [0.15, 0.2) is 0 Å². The Balaban J connectivity index is 1.72. The molecule has 16 heavy (non-hydrogen) atoms. The third kappa shape index (κ3) is 5.86. The summed E-state index contributed by atoms with van der Waals surface area (Å²) in [6, 6.07) is 0. The lowest BCUT2D eigenvalue weighted by molar-refractivity contribution is 0.503. The van der Waals surface area contributed by atoms with Crippen LogP contribution in [0.3, 0.4) is 0 Å². The van der Waals surface area contributed by atoms with Gasteiger partial charge in [0.25, 0.3) is 0 Å². The molecule has 0 spiro atoms. The summed E-state index contributed by atoms with van der Waals surface area (Å²) >= 11 is 0. The number of rotatable bonds is 10. The normalized spacial score (nSPS) is 22.3. The summed E-state index contributed by atoms with van der Waals surface area (Å²) in [4.78, 5) is 0. The molecule has 0 saturated heterocycles. The highest BCUT2D eigenvalue weighted by Crippen LogP contribution is 2.53. The Labute approximate surface area is 102 Å². The zero-order chi connectivity index (χ0) is 11.9. The van der Waals surface area contributed by atoms with E-state index in [4.69, 9.17) is 0 Å². The first-order valence-corrected chi connectivity index (χ1v) is 7.08. The van der Waals surface area contributed by atoms with Crippen LogP contribution >= 0.6 is 0 Å². The molecular weight excluding hydrogens is 196 g/mol. The highest BCUT2D eigenvalue weighted by molar-refractivity contribution is 4.94. The Morgan fingerprint density at radius 3 is 2.06 bits per heavy atom. The molecule has 1 rings (SSSR count). The van der Waals surface area contributed by atoms with Gasteiger partial charge in [-0.1, -0.05) is 20.8 Å². The van der Waals surface area contributed by atoms with Gasteiger partial charge in [-0.05, 0) is 69.6 Å². The molecule has 0 radical (unpaired) electrons. The molecule has 2 heteroatoms. The van der Waals surface area contributed by atoms with Gasteiger partial charge in [-0.3, -0.25) is 0 Å². The van der Waals surface area contributed by atoms with Crippen molar-refractivity contribution in [2.24, 2.45) is 11.3 Å². The minimum absolute atomic E-state index is 0.658. The molecule has 0 aliphatic heterocycles. The second-order valence-corrected chi connectivity index (χ2v) is 5.89. The predicted molar refractivity (Wildman–Crippen MR) is 71.8 cm³/mol. The Morgan fingerprint density at radius 2 is 1.56 bits per heavy atom. The van der Waals surface area contributed by atoms with Crippen LogP contribution < -0.4 is 10.6 Å². The Morgan fingerprint density at radius 1 is 1.00 bits per heavy atom. The van der Waals surface area contributed by atoms with Crippen molar-refractivity contribution in [3.63, 3.8) is 0 Å². The van der Waals surface area contributed by atoms with E-state index in [0.29, 0.717) is 5.41 Å². The summed E-state index contributed by atoms with van der Waals surface area (Å²) in [7, 11) is 0. The van der Waals surface area contributed by atoms with Gasteiger partial charge in [-0.15, -0.1) is 0 Å². The number of unbranched alkanes of at least 4 members (excludes halogenated alkanes) is 1. The van der Waals surface area contributed by atoms with Gasteiger partial charge < -0.3 is 10.6 Å². The predicted octanol–water partition coefficient (Wildman–Crippen LogP) is 2.79. The molecule has 0 bridgehead atoms. The standard InChI is InChI=1S/C14H30N2/c1-4-8-15-9-5-6-10-16-11-7-13-12-14(13,2)3/h13,15-16H,4-12H2,1-3H3. The minimum Gasteiger partial charge on any atom is -0.317 e. The highest BCUT2D eigenvalue weighted by Gasteiger charge is 2.44. The van der Waals surface area contributed by atoms with Crippen LogP contribution in [0.4, 0.5) is 0 Å². The van der Waals surface area contributed by atoms with Gasteiger partial charge in [0.15, 0.2) is 0 Å². The van der Waals surface area contributed by atoms with Crippen molar-refractivity contribution in [3.8, 4) is 0 Å². The smallest absolute Gasteiger partial charge is 0.00461 e. The Kier molecular flexibility index (Phi) is 6.37. The van der Waals surface area contributed by atoms with Crippen molar-refractivity contribution in [2.45, 2.75) is 52.9 Å². The average molecular weight is 226 g/mol. The summed E-state index contributed by atoms with van der Waals surface area (Å²) in [6.45, 7) is 11.8. The van der Waals surface area contributed by atoms with Crippen molar-refractivity contribution in [2.75, 3.05) is 26.2 Å². The largest absolute Gasteiger partial charge is 0.317 e. The first-order valence-electron chi connectivity index (χ1n) is 7.08. The zero-order valence-corrected chi connectivity index (χ0v) is 11.4. The van der Waals surface area contributed by atoms with Gasteiger partial charge in [0, 0.05) is 0 Å². The lowest BCUT2D eigenvalue weighted by Crippen LogP contribution is -2.20. The van der Waals surface area contributed by atoms with E-state index in [-0.39, 0.29) is 0 Å². The summed E-state index contributed by atoms with van der Waals surface area (Å²) < 4.78 is 0. The molecule has 2 N–H and O–H groups in total. The molecule has 1 unspecified atom stereocenters. The fourth-order valence-electron chi connectivity index (χ4n) is 2.27. The van der Waals surface area contributed by atoms with Gasteiger partial charge in [0.05, 0.1) is 0 Å². The molecule has 2 nitrogen and oxygen atoms in total. The molecule has 1 aliphatic carbocycles. The van der Waals surface area contributed by atoms with Crippen LogP contribution in [-0.2, 0) is 0 Å². The number of hydrogen-bond acceptors (Lipinski definition) is 2. The van der Waals surface area contributed by atoms with Crippen molar-refractivity contribution in [3.05, 3.63) is 0 Å². The van der Waals surface area contributed by atoms with Crippen LogP contribution in [0, 0.1) is 11.3 Å². The first-order chi connectivity index (χ1) is 7.67. The van der Waals surface area contributed by atoms with Crippen molar-refractivity contribution >= 4 is 0 Å². The lowest BCUT2D eigenvalue weighted by atomic mass is 10.1. The van der Waals surface area contributed by atoms with Gasteiger partial charge in [-0.25, -0.2) is 0 Å². The molecule has 1 fully saturated rings. The topological polar surface area (TPSA) is 24.1 Å². The third-order valence-electron chi connectivity index (χ3n) is 3.77. The molecule has 0 aromatic heterocycles. The van der Waals surface area contributed by atoms with Gasteiger partial charge in [0.2, 0.25) is 0 Å². The lowest BCUT2D eigenvalue weighted by Gasteiger charge is -2.06. The first kappa shape index (κ1) is 14.0. The van der Waals surface area contributed by atoms with E-state index < -0.39 is 0 Å². The van der Waals surface area contributed by atoms with Gasteiger partial charge in [0.1, 0.15) is 0 Å². The van der Waals surface area contributed by atoms with Crippen molar-refractivity contribution in [1.29, 1.82) is 0 Å². The summed E-state index contributed by atoms with van der Waals surface area (Å²) in [5, 5.41) is 6.99. The average Bonchev–Trinajstić information content (AvgIpc) is 2.84. The molecule has 1 saturated carbocycles. The quantitative estimate of drug-likeness (QED) is 0.560. The van der Waals surface area contributed by atoms with E-state index in [1.807, 2.05) is 0 Å². The maximum Gasteiger partial charge on any atom is -0.00461 e. The third-order valence-corrected chi connectivity index (χ3v) is 3.77. The summed E-state index contributed by atoms with van der Waals surface area (Å²) in [5.41, 5.74) is 0.658. The van der Waals surface area contributed by atoms with Crippen LogP contribution in [0.2, 0.25) is 0 Å². The molecule has 0 heterocycles. The van der Waals surface area contributed by atoms with Gasteiger partial charge >= 0.3 is 0 Å². The van der Waals surface area contributed by atoms with E-state index in [0.717, 1.165) is 5.92 Å². The van der Waals surface area contributed by atoms with E-state index in [1.54, 1.807) is 0 Å². The number of nitrogens with one attached hydrogen (secondary N) is 2. The van der Waals surface area contributed by atoms with Crippen LogP contribution in [0.25, 0.3) is 0 Å². The molecule has 1 aliphatic rings. The summed E-state index contributed by atoms with van der Waals surface area (Å²) in [6.07, 6.45) is 6.68. The minimum atomic E-state index is 0.658. The molecular formula is C14H30N2. The maximum atomic E-state index is 3.56. The van der Waals surface area contributed by atoms with Crippen molar-refractivity contribution < 1.29 is 0 Å². The van der Waals surface area contributed by atoms with E-state index >= 15 is 0 Å². The fraction of sp³-hybridized carbons (Fsp3) is 1.00. The van der Waals surface area contributed by atoms with Crippen molar-refractivity contribution in [1.82, 2.24) is 10.6 Å². The van der Waals surface area contributed by atoms with E-state index in [1.165, 1.54) is 58.3 Å².